The molecule has 5 nitrogen and oxygen atoms in total. The van der Waals surface area contributed by atoms with Crippen molar-refractivity contribution < 1.29 is 14.3 Å². The van der Waals surface area contributed by atoms with Crippen LogP contribution in [0.25, 0.3) is 0 Å². The van der Waals surface area contributed by atoms with Gasteiger partial charge in [0.25, 0.3) is 0 Å². The summed E-state index contributed by atoms with van der Waals surface area (Å²) in [4.78, 5) is 12.1. The van der Waals surface area contributed by atoms with Crippen molar-refractivity contribution in [1.29, 1.82) is 0 Å². The van der Waals surface area contributed by atoms with Crippen LogP contribution in [0.3, 0.4) is 0 Å². The summed E-state index contributed by atoms with van der Waals surface area (Å²) in [5.41, 5.74) is 6.58. The highest BCUT2D eigenvalue weighted by Crippen LogP contribution is 2.29. The van der Waals surface area contributed by atoms with Crippen LogP contribution in [-0.4, -0.2) is 18.7 Å². The van der Waals surface area contributed by atoms with E-state index in [2.05, 4.69) is 45.5 Å². The minimum Gasteiger partial charge on any atom is -0.490 e. The first kappa shape index (κ1) is 22.6. The molecule has 0 spiro atoms. The Balaban J connectivity index is 1.59. The molecule has 0 bridgehead atoms. The van der Waals surface area contributed by atoms with E-state index >= 15 is 0 Å². The lowest BCUT2D eigenvalue weighted by molar-refractivity contribution is -0.120. The number of rotatable bonds is 9. The molecule has 1 N–H and O–H groups in total. The van der Waals surface area contributed by atoms with Gasteiger partial charge in [0.1, 0.15) is 6.61 Å². The van der Waals surface area contributed by atoms with Crippen LogP contribution in [0.1, 0.15) is 29.2 Å². The number of carbonyl (C=O) groups excluding carboxylic acids is 1. The van der Waals surface area contributed by atoms with Gasteiger partial charge >= 0.3 is 0 Å². The number of nitrogens with zero attached hydrogens (tertiary/aromatic N) is 1. The molecule has 0 saturated carbocycles. The van der Waals surface area contributed by atoms with Gasteiger partial charge in [0.15, 0.2) is 11.5 Å². The second-order valence-corrected chi connectivity index (χ2v) is 7.93. The summed E-state index contributed by atoms with van der Waals surface area (Å²) in [6.07, 6.45) is 1.85. The van der Waals surface area contributed by atoms with E-state index in [1.54, 1.807) is 6.21 Å². The van der Waals surface area contributed by atoms with Crippen LogP contribution in [0.2, 0.25) is 0 Å². The molecular weight excluding hydrogens is 456 g/mol. The van der Waals surface area contributed by atoms with Crippen molar-refractivity contribution >= 4 is 28.1 Å². The van der Waals surface area contributed by atoms with E-state index in [0.717, 1.165) is 21.2 Å². The van der Waals surface area contributed by atoms with Gasteiger partial charge in [-0.15, -0.1) is 0 Å². The molecule has 0 fully saturated rings. The number of hydrogen-bond acceptors (Lipinski definition) is 4. The smallest absolute Gasteiger partial charge is 0.244 e. The van der Waals surface area contributed by atoms with Crippen molar-refractivity contribution in [3.05, 3.63) is 93.5 Å². The minimum atomic E-state index is -0.179. The van der Waals surface area contributed by atoms with Crippen molar-refractivity contribution in [3.8, 4) is 11.5 Å². The molecule has 31 heavy (non-hydrogen) atoms. The summed E-state index contributed by atoms with van der Waals surface area (Å²) >= 11 is 3.38. The van der Waals surface area contributed by atoms with E-state index in [1.165, 1.54) is 5.56 Å². The van der Waals surface area contributed by atoms with E-state index in [0.29, 0.717) is 24.7 Å². The molecule has 3 rings (SSSR count). The van der Waals surface area contributed by atoms with Crippen molar-refractivity contribution in [2.45, 2.75) is 26.9 Å². The molecule has 3 aromatic carbocycles. The van der Waals surface area contributed by atoms with E-state index < -0.39 is 0 Å². The second-order valence-electron chi connectivity index (χ2n) is 7.01. The Morgan fingerprint density at radius 1 is 0.968 bits per heavy atom. The number of carbonyl (C=O) groups is 1. The molecule has 0 unspecified atom stereocenters. The van der Waals surface area contributed by atoms with Crippen LogP contribution >= 0.6 is 15.9 Å². The van der Waals surface area contributed by atoms with Gasteiger partial charge in [-0.25, -0.2) is 5.43 Å². The minimum absolute atomic E-state index is 0.179. The van der Waals surface area contributed by atoms with E-state index in [1.807, 2.05) is 61.5 Å². The monoisotopic (exact) mass is 480 g/mol. The number of halogens is 1. The van der Waals surface area contributed by atoms with Gasteiger partial charge in [-0.3, -0.25) is 4.79 Å². The zero-order valence-electron chi connectivity index (χ0n) is 17.6. The third-order valence-corrected chi connectivity index (χ3v) is 4.99. The average molecular weight is 481 g/mol. The summed E-state index contributed by atoms with van der Waals surface area (Å²) < 4.78 is 12.6. The van der Waals surface area contributed by atoms with Crippen LogP contribution in [0.15, 0.2) is 76.3 Å². The fourth-order valence-corrected chi connectivity index (χ4v) is 3.11. The number of nitrogens with one attached hydrogen (secondary N) is 1. The highest BCUT2D eigenvalue weighted by molar-refractivity contribution is 9.10. The largest absolute Gasteiger partial charge is 0.490 e. The Bertz CT molecular complexity index is 1030. The number of benzene rings is 3. The lowest BCUT2D eigenvalue weighted by Gasteiger charge is -2.12. The third-order valence-electron chi connectivity index (χ3n) is 4.46. The van der Waals surface area contributed by atoms with Gasteiger partial charge in [-0.2, -0.15) is 5.10 Å². The number of amides is 1. The Labute approximate surface area is 191 Å². The molecule has 0 heterocycles. The Kier molecular flexibility index (Phi) is 8.24. The molecule has 0 aliphatic rings. The lowest BCUT2D eigenvalue weighted by Crippen LogP contribution is -2.19. The summed E-state index contributed by atoms with van der Waals surface area (Å²) in [5, 5.41) is 4.06. The van der Waals surface area contributed by atoms with Gasteiger partial charge in [0.05, 0.1) is 19.2 Å². The zero-order chi connectivity index (χ0) is 22.1. The maximum Gasteiger partial charge on any atom is 0.244 e. The summed E-state index contributed by atoms with van der Waals surface area (Å²) in [6.45, 7) is 4.96. The van der Waals surface area contributed by atoms with Crippen LogP contribution in [0.4, 0.5) is 0 Å². The summed E-state index contributed by atoms with van der Waals surface area (Å²) in [7, 11) is 0. The van der Waals surface area contributed by atoms with Crippen molar-refractivity contribution in [2.24, 2.45) is 5.10 Å². The Hall–Kier alpha value is -3.12. The van der Waals surface area contributed by atoms with E-state index in [4.69, 9.17) is 9.47 Å². The first-order valence-electron chi connectivity index (χ1n) is 10.0. The fraction of sp³-hybridized carbons (Fsp3) is 0.200. The molecule has 160 valence electrons. The van der Waals surface area contributed by atoms with E-state index in [-0.39, 0.29) is 12.3 Å². The number of ether oxygens (including phenoxy) is 2. The molecule has 0 atom stereocenters. The van der Waals surface area contributed by atoms with E-state index in [9.17, 15) is 4.79 Å². The van der Waals surface area contributed by atoms with Crippen molar-refractivity contribution in [3.63, 3.8) is 0 Å². The molecule has 0 aliphatic heterocycles. The average Bonchev–Trinajstić information content (AvgIpc) is 2.76. The van der Waals surface area contributed by atoms with Crippen molar-refractivity contribution in [1.82, 2.24) is 5.43 Å². The third kappa shape index (κ3) is 7.26. The molecule has 3 aromatic rings. The predicted molar refractivity (Wildman–Crippen MR) is 127 cm³/mol. The van der Waals surface area contributed by atoms with Gasteiger partial charge < -0.3 is 9.47 Å². The molecule has 6 heteroatoms. The van der Waals surface area contributed by atoms with Crippen molar-refractivity contribution in [2.75, 3.05) is 6.61 Å². The number of aryl methyl sites for hydroxylation is 1. The normalized spacial score (nSPS) is 10.8. The van der Waals surface area contributed by atoms with Crippen LogP contribution in [-0.2, 0) is 17.8 Å². The summed E-state index contributed by atoms with van der Waals surface area (Å²) in [6, 6.07) is 21.4. The highest BCUT2D eigenvalue weighted by Gasteiger charge is 2.07. The second kappa shape index (κ2) is 11.3. The summed E-state index contributed by atoms with van der Waals surface area (Å²) in [5.74, 6) is 1.13. The standard InChI is InChI=1S/C25H25BrN2O3/c1-3-30-24-14-21(10-13-23(24)31-17-20-6-4-18(2)5-7-20)16-27-28-25(29)15-19-8-11-22(26)12-9-19/h4-14,16H,3,15,17H2,1-2H3,(H,28,29)/b27-16-. The molecule has 0 aromatic heterocycles. The number of hydrazone groups is 1. The van der Waals surface area contributed by atoms with Gasteiger partial charge in [-0.05, 0) is 60.9 Å². The maximum absolute atomic E-state index is 12.1. The number of hydrogen-bond donors (Lipinski definition) is 1. The molecule has 0 saturated heterocycles. The van der Waals surface area contributed by atoms with Gasteiger partial charge in [0, 0.05) is 4.47 Å². The molecule has 0 radical (unpaired) electrons. The topological polar surface area (TPSA) is 59.9 Å². The van der Waals surface area contributed by atoms with Gasteiger partial charge in [0.2, 0.25) is 5.91 Å². The molecule has 0 aliphatic carbocycles. The quantitative estimate of drug-likeness (QED) is 0.328. The molecular formula is C25H25BrN2O3. The molecule has 1 amide bonds. The first-order valence-corrected chi connectivity index (χ1v) is 10.8. The van der Waals surface area contributed by atoms with Crippen LogP contribution in [0.5, 0.6) is 11.5 Å². The van der Waals surface area contributed by atoms with Crippen LogP contribution < -0.4 is 14.9 Å². The first-order chi connectivity index (χ1) is 15.0. The zero-order valence-corrected chi connectivity index (χ0v) is 19.2. The lowest BCUT2D eigenvalue weighted by atomic mass is 10.1. The Morgan fingerprint density at radius 2 is 1.68 bits per heavy atom. The Morgan fingerprint density at radius 3 is 2.39 bits per heavy atom. The van der Waals surface area contributed by atoms with Crippen LogP contribution in [0, 0.1) is 6.92 Å². The maximum atomic E-state index is 12.1. The fourth-order valence-electron chi connectivity index (χ4n) is 2.84. The predicted octanol–water partition coefficient (Wildman–Crippen LogP) is 5.43. The highest BCUT2D eigenvalue weighted by atomic mass is 79.9. The van der Waals surface area contributed by atoms with Gasteiger partial charge in [-0.1, -0.05) is 57.9 Å². The SMILES string of the molecule is CCOc1cc(/C=N\NC(=O)Cc2ccc(Br)cc2)ccc1OCc1ccc(C)cc1.